The standard InChI is InChI=1S/C16H17N3O/c1-11-5-13(7-17)6-12(2)16(11)20-9-15-8-18-10-19(15)14-3-4-14/h5-6,8,10,14H,3-4,9H2,1-2H3. The summed E-state index contributed by atoms with van der Waals surface area (Å²) < 4.78 is 8.16. The van der Waals surface area contributed by atoms with Crippen molar-refractivity contribution in [2.24, 2.45) is 0 Å². The van der Waals surface area contributed by atoms with Crippen LogP contribution in [0.5, 0.6) is 5.75 Å². The van der Waals surface area contributed by atoms with Crippen LogP contribution in [0.1, 0.15) is 41.3 Å². The SMILES string of the molecule is Cc1cc(C#N)cc(C)c1OCc1cncn1C1CC1. The van der Waals surface area contributed by atoms with Gasteiger partial charge in [0, 0.05) is 6.04 Å². The minimum atomic E-state index is 0.518. The van der Waals surface area contributed by atoms with Crippen molar-refractivity contribution in [3.63, 3.8) is 0 Å². The van der Waals surface area contributed by atoms with Gasteiger partial charge in [0.1, 0.15) is 12.4 Å². The van der Waals surface area contributed by atoms with Gasteiger partial charge in [-0.25, -0.2) is 4.98 Å². The number of nitrogens with zero attached hydrogens (tertiary/aromatic N) is 3. The summed E-state index contributed by atoms with van der Waals surface area (Å²) in [6, 6.07) is 6.50. The molecule has 1 saturated carbocycles. The van der Waals surface area contributed by atoms with E-state index in [9.17, 15) is 0 Å². The summed E-state index contributed by atoms with van der Waals surface area (Å²) in [5.41, 5.74) is 3.78. The largest absolute Gasteiger partial charge is 0.487 e. The third-order valence-electron chi connectivity index (χ3n) is 3.64. The number of aryl methyl sites for hydroxylation is 2. The Balaban J connectivity index is 1.78. The molecule has 1 aliphatic carbocycles. The fraction of sp³-hybridized carbons (Fsp3) is 0.375. The monoisotopic (exact) mass is 267 g/mol. The van der Waals surface area contributed by atoms with Crippen molar-refractivity contribution in [1.82, 2.24) is 9.55 Å². The van der Waals surface area contributed by atoms with E-state index < -0.39 is 0 Å². The Hall–Kier alpha value is -2.28. The van der Waals surface area contributed by atoms with Crippen molar-refractivity contribution >= 4 is 0 Å². The number of aromatic nitrogens is 2. The number of ether oxygens (including phenoxy) is 1. The maximum Gasteiger partial charge on any atom is 0.130 e. The van der Waals surface area contributed by atoms with Crippen molar-refractivity contribution in [2.45, 2.75) is 39.3 Å². The first-order valence-electron chi connectivity index (χ1n) is 6.84. The van der Waals surface area contributed by atoms with Crippen LogP contribution in [0.4, 0.5) is 0 Å². The second-order valence-electron chi connectivity index (χ2n) is 5.36. The fourth-order valence-electron chi connectivity index (χ4n) is 2.51. The van der Waals surface area contributed by atoms with E-state index in [4.69, 9.17) is 10.00 Å². The van der Waals surface area contributed by atoms with Gasteiger partial charge in [-0.15, -0.1) is 0 Å². The van der Waals surface area contributed by atoms with Crippen LogP contribution in [0.2, 0.25) is 0 Å². The Morgan fingerprint density at radius 1 is 1.35 bits per heavy atom. The predicted molar refractivity (Wildman–Crippen MR) is 75.5 cm³/mol. The van der Waals surface area contributed by atoms with E-state index in [0.29, 0.717) is 18.2 Å². The maximum atomic E-state index is 8.96. The maximum absolute atomic E-state index is 8.96. The van der Waals surface area contributed by atoms with Crippen molar-refractivity contribution in [2.75, 3.05) is 0 Å². The second-order valence-corrected chi connectivity index (χ2v) is 5.36. The summed E-state index contributed by atoms with van der Waals surface area (Å²) in [6.07, 6.45) is 6.22. The quantitative estimate of drug-likeness (QED) is 0.854. The van der Waals surface area contributed by atoms with E-state index in [1.165, 1.54) is 12.8 Å². The average Bonchev–Trinajstić information content (AvgIpc) is 3.17. The molecule has 0 bridgehead atoms. The summed E-state index contributed by atoms with van der Waals surface area (Å²) >= 11 is 0. The summed E-state index contributed by atoms with van der Waals surface area (Å²) in [6.45, 7) is 4.47. The molecule has 1 heterocycles. The highest BCUT2D eigenvalue weighted by molar-refractivity contribution is 5.47. The Bertz CT molecular complexity index is 654. The van der Waals surface area contributed by atoms with Crippen LogP contribution in [-0.2, 0) is 6.61 Å². The molecule has 3 rings (SSSR count). The molecule has 0 saturated heterocycles. The van der Waals surface area contributed by atoms with Gasteiger partial charge in [-0.3, -0.25) is 0 Å². The van der Waals surface area contributed by atoms with Crippen molar-refractivity contribution in [3.8, 4) is 11.8 Å². The molecule has 0 unspecified atom stereocenters. The van der Waals surface area contributed by atoms with E-state index in [-0.39, 0.29) is 0 Å². The van der Waals surface area contributed by atoms with Crippen LogP contribution < -0.4 is 4.74 Å². The first-order valence-corrected chi connectivity index (χ1v) is 6.84. The normalized spacial score (nSPS) is 14.1. The summed E-state index contributed by atoms with van der Waals surface area (Å²) in [5, 5.41) is 8.96. The second kappa shape index (κ2) is 5.01. The molecule has 102 valence electrons. The molecule has 2 aromatic rings. The van der Waals surface area contributed by atoms with E-state index in [2.05, 4.69) is 15.6 Å². The third kappa shape index (κ3) is 2.39. The highest BCUT2D eigenvalue weighted by Crippen LogP contribution is 2.36. The van der Waals surface area contributed by atoms with Gasteiger partial charge in [-0.2, -0.15) is 5.26 Å². The minimum absolute atomic E-state index is 0.518. The van der Waals surface area contributed by atoms with Gasteiger partial charge in [-0.05, 0) is 49.9 Å². The number of imidazole rings is 1. The van der Waals surface area contributed by atoms with Gasteiger partial charge < -0.3 is 9.30 Å². The van der Waals surface area contributed by atoms with E-state index >= 15 is 0 Å². The van der Waals surface area contributed by atoms with Crippen LogP contribution in [0.15, 0.2) is 24.7 Å². The molecule has 1 fully saturated rings. The Labute approximate surface area is 118 Å². The predicted octanol–water partition coefficient (Wildman–Crippen LogP) is 3.29. The van der Waals surface area contributed by atoms with Crippen molar-refractivity contribution < 1.29 is 4.74 Å². The zero-order valence-electron chi connectivity index (χ0n) is 11.8. The topological polar surface area (TPSA) is 50.8 Å². The smallest absolute Gasteiger partial charge is 0.130 e. The average molecular weight is 267 g/mol. The molecule has 0 N–H and O–H groups in total. The first kappa shape index (κ1) is 12.7. The lowest BCUT2D eigenvalue weighted by Gasteiger charge is -2.13. The van der Waals surface area contributed by atoms with Crippen LogP contribution in [0.25, 0.3) is 0 Å². The Morgan fingerprint density at radius 3 is 2.65 bits per heavy atom. The summed E-state index contributed by atoms with van der Waals surface area (Å²) in [4.78, 5) is 4.21. The molecule has 4 heteroatoms. The van der Waals surface area contributed by atoms with Gasteiger partial charge in [0.25, 0.3) is 0 Å². The molecule has 0 spiro atoms. The number of hydrogen-bond donors (Lipinski definition) is 0. The molecule has 0 radical (unpaired) electrons. The van der Waals surface area contributed by atoms with E-state index in [0.717, 1.165) is 22.6 Å². The molecular weight excluding hydrogens is 250 g/mol. The number of nitriles is 1. The molecule has 1 aliphatic rings. The number of hydrogen-bond acceptors (Lipinski definition) is 3. The lowest BCUT2D eigenvalue weighted by Crippen LogP contribution is -2.05. The van der Waals surface area contributed by atoms with Gasteiger partial charge in [0.2, 0.25) is 0 Å². The summed E-state index contributed by atoms with van der Waals surface area (Å²) in [7, 11) is 0. The van der Waals surface area contributed by atoms with E-state index in [1.807, 2.05) is 38.5 Å². The Morgan fingerprint density at radius 2 is 2.05 bits per heavy atom. The first-order chi connectivity index (χ1) is 9.69. The minimum Gasteiger partial charge on any atom is -0.487 e. The van der Waals surface area contributed by atoms with Gasteiger partial charge in [0.05, 0.1) is 29.9 Å². The van der Waals surface area contributed by atoms with Crippen LogP contribution in [-0.4, -0.2) is 9.55 Å². The molecule has 4 nitrogen and oxygen atoms in total. The van der Waals surface area contributed by atoms with Gasteiger partial charge in [-0.1, -0.05) is 0 Å². The number of rotatable bonds is 4. The third-order valence-corrected chi connectivity index (χ3v) is 3.64. The lowest BCUT2D eigenvalue weighted by molar-refractivity contribution is 0.291. The van der Waals surface area contributed by atoms with Crippen LogP contribution in [0.3, 0.4) is 0 Å². The number of benzene rings is 1. The summed E-state index contributed by atoms with van der Waals surface area (Å²) in [5.74, 6) is 0.868. The van der Waals surface area contributed by atoms with Crippen LogP contribution in [0, 0.1) is 25.2 Å². The molecule has 20 heavy (non-hydrogen) atoms. The zero-order valence-corrected chi connectivity index (χ0v) is 11.8. The molecule has 0 amide bonds. The van der Waals surface area contributed by atoms with Crippen molar-refractivity contribution in [3.05, 3.63) is 47.0 Å². The van der Waals surface area contributed by atoms with Gasteiger partial charge in [0.15, 0.2) is 0 Å². The zero-order chi connectivity index (χ0) is 14.1. The molecule has 0 aliphatic heterocycles. The highest BCUT2D eigenvalue weighted by Gasteiger charge is 2.25. The van der Waals surface area contributed by atoms with E-state index in [1.54, 1.807) is 0 Å². The molecule has 1 aromatic carbocycles. The van der Waals surface area contributed by atoms with Crippen molar-refractivity contribution in [1.29, 1.82) is 5.26 Å². The molecular formula is C16H17N3O. The molecule has 1 aromatic heterocycles. The Kier molecular flexibility index (Phi) is 3.19. The highest BCUT2D eigenvalue weighted by atomic mass is 16.5. The molecule has 0 atom stereocenters. The lowest BCUT2D eigenvalue weighted by atomic mass is 10.1. The fourth-order valence-corrected chi connectivity index (χ4v) is 2.51. The van der Waals surface area contributed by atoms with Crippen LogP contribution >= 0.6 is 0 Å². The van der Waals surface area contributed by atoms with Gasteiger partial charge >= 0.3 is 0 Å².